The molecule has 0 aliphatic carbocycles. The summed E-state index contributed by atoms with van der Waals surface area (Å²) in [5.41, 5.74) is 1.98. The summed E-state index contributed by atoms with van der Waals surface area (Å²) in [6.45, 7) is 7.24. The van der Waals surface area contributed by atoms with Crippen LogP contribution in [0.1, 0.15) is 73.0 Å². The van der Waals surface area contributed by atoms with E-state index in [-0.39, 0.29) is 35.2 Å². The first-order valence-corrected chi connectivity index (χ1v) is 12.2. The maximum atomic E-state index is 15.8. The zero-order valence-corrected chi connectivity index (χ0v) is 19.8. The molecule has 8 heteroatoms. The van der Waals surface area contributed by atoms with E-state index in [9.17, 15) is 9.59 Å². The van der Waals surface area contributed by atoms with Crippen LogP contribution in [-0.4, -0.2) is 57.6 Å². The molecule has 0 radical (unpaired) electrons. The highest BCUT2D eigenvalue weighted by molar-refractivity contribution is 5.97. The number of rotatable bonds is 6. The molecule has 34 heavy (non-hydrogen) atoms. The van der Waals surface area contributed by atoms with Crippen molar-refractivity contribution in [3.63, 3.8) is 0 Å². The summed E-state index contributed by atoms with van der Waals surface area (Å²) in [5, 5.41) is 4.53. The first kappa shape index (κ1) is 22.6. The second-order valence-electron chi connectivity index (χ2n) is 9.72. The van der Waals surface area contributed by atoms with Gasteiger partial charge in [-0.3, -0.25) is 14.3 Å². The van der Waals surface area contributed by atoms with Gasteiger partial charge in [0, 0.05) is 63.5 Å². The molecule has 3 aromatic rings. The predicted molar refractivity (Wildman–Crippen MR) is 126 cm³/mol. The number of fused-ring (bicyclic) bond motifs is 1. The number of halogens is 1. The van der Waals surface area contributed by atoms with Gasteiger partial charge in [0.1, 0.15) is 11.4 Å². The van der Waals surface area contributed by atoms with Crippen LogP contribution in [0.3, 0.4) is 0 Å². The Morgan fingerprint density at radius 1 is 1.18 bits per heavy atom. The molecule has 2 fully saturated rings. The second kappa shape index (κ2) is 9.24. The standard InChI is InChI=1S/C26H31FN4O3/c1-17(2)19-14-20(24(27)21-15-22(34-25(19)21)26(33)29-10-5-11-29)18-6-3-9-30(16-18)23(32)7-13-31-12-4-8-28-31/h4,8,12,14-15,17-18H,3,5-7,9-11,13,16H2,1-2H3/t18-/m1/s1. The first-order chi connectivity index (χ1) is 16.4. The highest BCUT2D eigenvalue weighted by atomic mass is 19.1. The molecule has 0 bridgehead atoms. The number of aromatic nitrogens is 2. The van der Waals surface area contributed by atoms with Crippen molar-refractivity contribution in [1.82, 2.24) is 19.6 Å². The Bertz CT molecular complexity index is 1200. The molecule has 180 valence electrons. The molecule has 4 heterocycles. The van der Waals surface area contributed by atoms with Gasteiger partial charge in [0.05, 0.1) is 5.39 Å². The monoisotopic (exact) mass is 466 g/mol. The van der Waals surface area contributed by atoms with E-state index < -0.39 is 0 Å². The Kier molecular flexibility index (Phi) is 6.15. The molecule has 2 aromatic heterocycles. The summed E-state index contributed by atoms with van der Waals surface area (Å²) in [6, 6.07) is 5.30. The first-order valence-electron chi connectivity index (χ1n) is 12.2. The lowest BCUT2D eigenvalue weighted by molar-refractivity contribution is -0.132. The number of likely N-dealkylation sites (tertiary alicyclic amines) is 2. The summed E-state index contributed by atoms with van der Waals surface area (Å²) in [7, 11) is 0. The van der Waals surface area contributed by atoms with Gasteiger partial charge >= 0.3 is 0 Å². The SMILES string of the molecule is CC(C)c1cc([C@@H]2CCCN(C(=O)CCn3cccn3)C2)c(F)c2cc(C(=O)N3CCC3)oc12. The van der Waals surface area contributed by atoms with Crippen LogP contribution >= 0.6 is 0 Å². The fraction of sp³-hybridized carbons (Fsp3) is 0.500. The number of carbonyl (C=O) groups excluding carboxylic acids is 2. The van der Waals surface area contributed by atoms with E-state index in [0.29, 0.717) is 55.7 Å². The Labute approximate surface area is 198 Å². The van der Waals surface area contributed by atoms with E-state index >= 15 is 4.39 Å². The molecule has 2 aliphatic heterocycles. The highest BCUT2D eigenvalue weighted by Gasteiger charge is 2.31. The van der Waals surface area contributed by atoms with E-state index in [2.05, 4.69) is 5.10 Å². The smallest absolute Gasteiger partial charge is 0.289 e. The van der Waals surface area contributed by atoms with Crippen molar-refractivity contribution in [3.8, 4) is 0 Å². The Balaban J connectivity index is 1.41. The number of benzene rings is 1. The number of hydrogen-bond donors (Lipinski definition) is 0. The summed E-state index contributed by atoms with van der Waals surface area (Å²) >= 11 is 0. The van der Waals surface area contributed by atoms with Crippen molar-refractivity contribution in [2.24, 2.45) is 0 Å². The van der Waals surface area contributed by atoms with Crippen LogP contribution in [0.4, 0.5) is 4.39 Å². The fourth-order valence-electron chi connectivity index (χ4n) is 4.99. The third kappa shape index (κ3) is 4.21. The average Bonchev–Trinajstić information content (AvgIpc) is 3.47. The van der Waals surface area contributed by atoms with E-state index in [0.717, 1.165) is 24.8 Å². The molecule has 2 aliphatic rings. The van der Waals surface area contributed by atoms with E-state index in [1.54, 1.807) is 21.8 Å². The van der Waals surface area contributed by atoms with Gasteiger partial charge in [-0.2, -0.15) is 5.10 Å². The minimum Gasteiger partial charge on any atom is -0.450 e. The second-order valence-corrected chi connectivity index (χ2v) is 9.72. The number of piperidine rings is 1. The van der Waals surface area contributed by atoms with Crippen molar-refractivity contribution in [1.29, 1.82) is 0 Å². The summed E-state index contributed by atoms with van der Waals surface area (Å²) in [4.78, 5) is 29.1. The van der Waals surface area contributed by atoms with Crippen molar-refractivity contribution in [2.45, 2.75) is 57.9 Å². The predicted octanol–water partition coefficient (Wildman–Crippen LogP) is 4.53. The third-order valence-corrected chi connectivity index (χ3v) is 7.10. The van der Waals surface area contributed by atoms with Crippen LogP contribution in [0.25, 0.3) is 11.0 Å². The van der Waals surface area contributed by atoms with E-state index in [1.807, 2.05) is 37.1 Å². The summed E-state index contributed by atoms with van der Waals surface area (Å²) in [5.74, 6) is -0.223. The molecule has 2 amide bonds. The van der Waals surface area contributed by atoms with Crippen LogP contribution in [0, 0.1) is 5.82 Å². The van der Waals surface area contributed by atoms with Gasteiger partial charge in [-0.15, -0.1) is 0 Å². The topological polar surface area (TPSA) is 71.6 Å². The van der Waals surface area contributed by atoms with Crippen molar-refractivity contribution < 1.29 is 18.4 Å². The molecule has 0 unspecified atom stereocenters. The number of hydrogen-bond acceptors (Lipinski definition) is 4. The largest absolute Gasteiger partial charge is 0.450 e. The van der Waals surface area contributed by atoms with Crippen molar-refractivity contribution in [3.05, 3.63) is 53.3 Å². The molecular weight excluding hydrogens is 435 g/mol. The van der Waals surface area contributed by atoms with Gasteiger partial charge < -0.3 is 14.2 Å². The molecule has 0 N–H and O–H groups in total. The molecule has 0 saturated carbocycles. The molecule has 2 saturated heterocycles. The minimum absolute atomic E-state index is 0.0662. The van der Waals surface area contributed by atoms with E-state index in [4.69, 9.17) is 4.42 Å². The molecule has 1 atom stereocenters. The fourth-order valence-corrected chi connectivity index (χ4v) is 4.99. The van der Waals surface area contributed by atoms with Gasteiger partial charge in [0.25, 0.3) is 5.91 Å². The minimum atomic E-state index is -0.332. The third-order valence-electron chi connectivity index (χ3n) is 7.10. The van der Waals surface area contributed by atoms with Crippen LogP contribution < -0.4 is 0 Å². The van der Waals surface area contributed by atoms with Gasteiger partial charge in [-0.1, -0.05) is 13.8 Å². The van der Waals surface area contributed by atoms with Crippen molar-refractivity contribution in [2.75, 3.05) is 26.2 Å². The number of carbonyl (C=O) groups is 2. The quantitative estimate of drug-likeness (QED) is 0.535. The molecular formula is C26H31FN4O3. The van der Waals surface area contributed by atoms with Crippen LogP contribution in [-0.2, 0) is 11.3 Å². The number of nitrogens with zero attached hydrogens (tertiary/aromatic N) is 4. The van der Waals surface area contributed by atoms with Gasteiger partial charge in [-0.25, -0.2) is 4.39 Å². The van der Waals surface area contributed by atoms with Crippen molar-refractivity contribution >= 4 is 22.8 Å². The lowest BCUT2D eigenvalue weighted by Gasteiger charge is -2.33. The maximum Gasteiger partial charge on any atom is 0.289 e. The lowest BCUT2D eigenvalue weighted by atomic mass is 9.86. The Morgan fingerprint density at radius 3 is 2.65 bits per heavy atom. The highest BCUT2D eigenvalue weighted by Crippen LogP contribution is 2.38. The van der Waals surface area contributed by atoms with Gasteiger partial charge in [0.2, 0.25) is 5.91 Å². The number of amides is 2. The molecule has 7 nitrogen and oxygen atoms in total. The maximum absolute atomic E-state index is 15.8. The molecule has 1 aromatic carbocycles. The van der Waals surface area contributed by atoms with E-state index in [1.165, 1.54) is 0 Å². The summed E-state index contributed by atoms with van der Waals surface area (Å²) in [6.07, 6.45) is 6.55. The van der Waals surface area contributed by atoms with Gasteiger partial charge in [0.15, 0.2) is 5.76 Å². The van der Waals surface area contributed by atoms with Crippen LogP contribution in [0.2, 0.25) is 0 Å². The van der Waals surface area contributed by atoms with Gasteiger partial charge in [-0.05, 0) is 48.4 Å². The lowest BCUT2D eigenvalue weighted by Crippen LogP contribution is -2.41. The normalized spacial score (nSPS) is 18.5. The zero-order chi connectivity index (χ0) is 23.8. The number of aryl methyl sites for hydroxylation is 1. The Morgan fingerprint density at radius 2 is 1.97 bits per heavy atom. The molecule has 5 rings (SSSR count). The molecule has 0 spiro atoms. The number of furan rings is 1. The zero-order valence-electron chi connectivity index (χ0n) is 19.8. The Hall–Kier alpha value is -3.16. The summed E-state index contributed by atoms with van der Waals surface area (Å²) < 4.78 is 23.5. The average molecular weight is 467 g/mol. The van der Waals surface area contributed by atoms with Crippen LogP contribution in [0.15, 0.2) is 35.0 Å². The van der Waals surface area contributed by atoms with Crippen LogP contribution in [0.5, 0.6) is 0 Å².